The van der Waals surface area contributed by atoms with E-state index in [1.807, 2.05) is 24.3 Å². The van der Waals surface area contributed by atoms with E-state index in [0.29, 0.717) is 0 Å². The van der Waals surface area contributed by atoms with E-state index in [0.717, 1.165) is 56.5 Å². The summed E-state index contributed by atoms with van der Waals surface area (Å²) in [5.41, 5.74) is 7.46. The molecule has 32 heavy (non-hydrogen) atoms. The zero-order valence-electron chi connectivity index (χ0n) is 16.0. The monoisotopic (exact) mass is 496 g/mol. The van der Waals surface area contributed by atoms with Gasteiger partial charge in [0.05, 0.1) is 41.5 Å². The van der Waals surface area contributed by atoms with Gasteiger partial charge in [-0.2, -0.15) is 0 Å². The number of rotatable bonds is 3. The Morgan fingerprint density at radius 2 is 1.31 bits per heavy atom. The first-order chi connectivity index (χ1) is 15.6. The Labute approximate surface area is 196 Å². The molecule has 0 amide bonds. The van der Waals surface area contributed by atoms with Gasteiger partial charge in [-0.05, 0) is 30.3 Å². The van der Waals surface area contributed by atoms with Gasteiger partial charge in [0.15, 0.2) is 0 Å². The quantitative estimate of drug-likeness (QED) is 0.224. The number of nitro groups is 1. The molecule has 2 N–H and O–H groups in total. The molecule has 0 unspecified atom stereocenters. The highest BCUT2D eigenvalue weighted by atomic mass is 32.1. The molecule has 6 aromatic rings. The first kappa shape index (κ1) is 20.6. The first-order valence-corrected chi connectivity index (χ1v) is 12.3. The maximum absolute atomic E-state index is 10.6. The lowest BCUT2D eigenvalue weighted by atomic mass is 10.4. The zero-order chi connectivity index (χ0) is 22.1. The van der Waals surface area contributed by atoms with Crippen LogP contribution in [0.4, 0.5) is 10.0 Å². The molecular formula is C20H12N6O2S4. The number of thiazole rings is 2. The number of hydrogen-bond acceptors (Lipinski definition) is 11. The summed E-state index contributed by atoms with van der Waals surface area (Å²) in [6.07, 6.45) is 6.97. The number of thiophene rings is 2. The fourth-order valence-electron chi connectivity index (χ4n) is 2.78. The van der Waals surface area contributed by atoms with Gasteiger partial charge in [0, 0.05) is 18.5 Å². The standard InChI is InChI=1S/C10H5N3O2S2.C10H7N3S2/c14-13(15)9-2-1-8(16-9)10-12-6-5-11-4-3-7(6)17-10;11-9-2-1-8(14-9)10-13-6-5-12-4-3-7(6)15-10/h1-5H;1-5H,11H2. The van der Waals surface area contributed by atoms with E-state index < -0.39 is 0 Å². The molecule has 0 aromatic carbocycles. The number of hydrogen-bond donors (Lipinski definition) is 1. The number of nitrogen functional groups attached to an aromatic ring is 1. The van der Waals surface area contributed by atoms with Crippen molar-refractivity contribution in [2.45, 2.75) is 0 Å². The summed E-state index contributed by atoms with van der Waals surface area (Å²) < 4.78 is 2.19. The second-order valence-corrected chi connectivity index (χ2v) is 10.6. The van der Waals surface area contributed by atoms with Crippen LogP contribution in [0.5, 0.6) is 0 Å². The normalized spacial score (nSPS) is 10.9. The summed E-state index contributed by atoms with van der Waals surface area (Å²) in [6.45, 7) is 0. The molecule has 8 nitrogen and oxygen atoms in total. The van der Waals surface area contributed by atoms with Gasteiger partial charge in [-0.25, -0.2) is 9.97 Å². The number of pyridine rings is 2. The molecule has 0 saturated carbocycles. The van der Waals surface area contributed by atoms with Gasteiger partial charge in [0.1, 0.15) is 21.0 Å². The van der Waals surface area contributed by atoms with E-state index in [2.05, 4.69) is 19.9 Å². The van der Waals surface area contributed by atoms with Gasteiger partial charge in [0.2, 0.25) is 0 Å². The number of anilines is 1. The van der Waals surface area contributed by atoms with Crippen LogP contribution in [-0.2, 0) is 0 Å². The number of aromatic nitrogens is 4. The van der Waals surface area contributed by atoms with E-state index in [1.54, 1.807) is 53.5 Å². The van der Waals surface area contributed by atoms with Crippen LogP contribution in [0.1, 0.15) is 0 Å². The van der Waals surface area contributed by atoms with E-state index in [1.165, 1.54) is 17.4 Å². The Morgan fingerprint density at radius 1 is 0.750 bits per heavy atom. The van der Waals surface area contributed by atoms with E-state index >= 15 is 0 Å². The van der Waals surface area contributed by atoms with Crippen molar-refractivity contribution in [3.8, 4) is 19.8 Å². The highest BCUT2D eigenvalue weighted by Crippen LogP contribution is 2.37. The van der Waals surface area contributed by atoms with Crippen molar-refractivity contribution in [3.63, 3.8) is 0 Å². The summed E-state index contributed by atoms with van der Waals surface area (Å²) in [6, 6.07) is 11.0. The predicted octanol–water partition coefficient (Wildman–Crippen LogP) is 6.33. The van der Waals surface area contributed by atoms with Crippen LogP contribution in [0.2, 0.25) is 0 Å². The maximum Gasteiger partial charge on any atom is 0.324 e. The fourth-order valence-corrected chi connectivity index (χ4v) is 6.35. The van der Waals surface area contributed by atoms with Gasteiger partial charge in [-0.1, -0.05) is 11.3 Å². The van der Waals surface area contributed by atoms with Crippen molar-refractivity contribution < 1.29 is 4.92 Å². The number of nitrogens with two attached hydrogens (primary N) is 1. The Bertz CT molecular complexity index is 1480. The minimum Gasteiger partial charge on any atom is -0.391 e. The van der Waals surface area contributed by atoms with Crippen molar-refractivity contribution in [3.05, 3.63) is 71.3 Å². The van der Waals surface area contributed by atoms with Crippen molar-refractivity contribution in [1.82, 2.24) is 19.9 Å². The second kappa shape index (κ2) is 8.67. The topological polar surface area (TPSA) is 121 Å². The third kappa shape index (κ3) is 4.21. The average molecular weight is 497 g/mol. The highest BCUT2D eigenvalue weighted by Gasteiger charge is 2.14. The summed E-state index contributed by atoms with van der Waals surface area (Å²) in [5.74, 6) is 0. The Balaban J connectivity index is 0.000000136. The van der Waals surface area contributed by atoms with Gasteiger partial charge in [-0.3, -0.25) is 20.1 Å². The van der Waals surface area contributed by atoms with Crippen molar-refractivity contribution in [1.29, 1.82) is 0 Å². The molecule has 158 valence electrons. The zero-order valence-corrected chi connectivity index (χ0v) is 19.3. The maximum atomic E-state index is 10.6. The van der Waals surface area contributed by atoms with Gasteiger partial charge in [0.25, 0.3) is 0 Å². The predicted molar refractivity (Wildman–Crippen MR) is 133 cm³/mol. The SMILES string of the molecule is Nc1ccc(-c2nc3cnccc3s2)s1.O=[N+]([O-])c1ccc(-c2nc3cnccc3s2)s1. The van der Waals surface area contributed by atoms with E-state index in [4.69, 9.17) is 5.73 Å². The molecule has 0 spiro atoms. The van der Waals surface area contributed by atoms with Crippen LogP contribution in [0.25, 0.3) is 40.2 Å². The van der Waals surface area contributed by atoms with E-state index in [-0.39, 0.29) is 9.92 Å². The molecule has 0 saturated heterocycles. The summed E-state index contributed by atoms with van der Waals surface area (Å²) >= 11 is 5.88. The lowest BCUT2D eigenvalue weighted by Crippen LogP contribution is -1.80. The van der Waals surface area contributed by atoms with Crippen LogP contribution >= 0.6 is 45.3 Å². The molecule has 6 heterocycles. The molecule has 0 radical (unpaired) electrons. The number of fused-ring (bicyclic) bond motifs is 2. The van der Waals surface area contributed by atoms with Crippen LogP contribution < -0.4 is 5.73 Å². The smallest absolute Gasteiger partial charge is 0.324 e. The summed E-state index contributed by atoms with van der Waals surface area (Å²) in [7, 11) is 0. The third-order valence-electron chi connectivity index (χ3n) is 4.20. The first-order valence-electron chi connectivity index (χ1n) is 9.08. The van der Waals surface area contributed by atoms with Crippen molar-refractivity contribution in [2.24, 2.45) is 0 Å². The molecule has 12 heteroatoms. The minimum atomic E-state index is -0.386. The molecule has 0 atom stereocenters. The van der Waals surface area contributed by atoms with Gasteiger partial charge in [-0.15, -0.1) is 34.0 Å². The highest BCUT2D eigenvalue weighted by molar-refractivity contribution is 7.27. The fraction of sp³-hybridized carbons (Fsp3) is 0. The molecule has 0 fully saturated rings. The summed E-state index contributed by atoms with van der Waals surface area (Å²) in [5, 5.41) is 13.4. The minimum absolute atomic E-state index is 0.136. The molecule has 0 aliphatic rings. The molecule has 0 bridgehead atoms. The Kier molecular flexibility index (Phi) is 5.57. The lowest BCUT2D eigenvalue weighted by Gasteiger charge is -1.85. The Hall–Kier alpha value is -3.32. The molecule has 6 rings (SSSR count). The summed E-state index contributed by atoms with van der Waals surface area (Å²) in [4.78, 5) is 29.1. The van der Waals surface area contributed by atoms with Crippen LogP contribution in [0.15, 0.2) is 61.2 Å². The molecule has 0 aliphatic carbocycles. The molecule has 6 aromatic heterocycles. The second-order valence-electron chi connectivity index (χ2n) is 6.32. The van der Waals surface area contributed by atoms with Crippen molar-refractivity contribution >= 4 is 75.8 Å². The van der Waals surface area contributed by atoms with Gasteiger partial charge < -0.3 is 5.73 Å². The van der Waals surface area contributed by atoms with Crippen molar-refractivity contribution in [2.75, 3.05) is 5.73 Å². The largest absolute Gasteiger partial charge is 0.391 e. The van der Waals surface area contributed by atoms with Crippen LogP contribution in [0, 0.1) is 10.1 Å². The molecule has 0 aliphatic heterocycles. The number of nitrogens with zero attached hydrogens (tertiary/aromatic N) is 5. The van der Waals surface area contributed by atoms with Crippen LogP contribution in [-0.4, -0.2) is 24.9 Å². The van der Waals surface area contributed by atoms with Gasteiger partial charge >= 0.3 is 5.00 Å². The van der Waals surface area contributed by atoms with E-state index in [9.17, 15) is 10.1 Å². The average Bonchev–Trinajstić information content (AvgIpc) is 3.58. The van der Waals surface area contributed by atoms with Crippen LogP contribution in [0.3, 0.4) is 0 Å². The lowest BCUT2D eigenvalue weighted by molar-refractivity contribution is -0.380. The third-order valence-corrected chi connectivity index (χ3v) is 8.56. The molecular weight excluding hydrogens is 485 g/mol. The Morgan fingerprint density at radius 3 is 1.78 bits per heavy atom.